The number of aliphatic carboxylic acids is 1. The van der Waals surface area contributed by atoms with Crippen molar-refractivity contribution >= 4 is 46.6 Å². The molecule has 1 aromatic carbocycles. The normalized spacial score (nSPS) is 13.9. The van der Waals surface area contributed by atoms with E-state index >= 15 is 0 Å². The van der Waals surface area contributed by atoms with Crippen LogP contribution in [0.2, 0.25) is 10.0 Å². The number of rotatable bonds is 5. The second-order valence-corrected chi connectivity index (χ2v) is 8.61. The van der Waals surface area contributed by atoms with Crippen molar-refractivity contribution in [3.63, 3.8) is 0 Å². The molecule has 4 rings (SSSR count). The van der Waals surface area contributed by atoms with Crippen LogP contribution in [0.1, 0.15) is 38.4 Å². The molecule has 1 fully saturated rings. The van der Waals surface area contributed by atoms with Gasteiger partial charge in [0.25, 0.3) is 5.97 Å². The molecule has 2 aromatic heterocycles. The second-order valence-electron chi connectivity index (χ2n) is 7.86. The number of carbonyl (C=O) groups excluding carboxylic acids is 1. The first-order valence-electron chi connectivity index (χ1n) is 10.6. The van der Waals surface area contributed by atoms with E-state index in [2.05, 4.69) is 10.1 Å². The quantitative estimate of drug-likeness (QED) is 0.457. The Kier molecular flexibility index (Phi) is 8.18. The molecule has 1 saturated heterocycles. The number of carbonyl (C=O) groups is 2. The van der Waals surface area contributed by atoms with Gasteiger partial charge in [-0.3, -0.25) is 14.3 Å². The zero-order valence-corrected chi connectivity index (χ0v) is 20.8. The van der Waals surface area contributed by atoms with Crippen molar-refractivity contribution in [2.75, 3.05) is 17.2 Å². The van der Waals surface area contributed by atoms with Gasteiger partial charge >= 0.3 is 0 Å². The van der Waals surface area contributed by atoms with E-state index in [-0.39, 0.29) is 33.0 Å². The standard InChI is InChI=1S/C21H20Cl2FN5O2.C2H4O2/c1-11(31-16-6-12(8-26-21(16)25)13-9-27-28(2)10-13)18-19(22)14(24)7-15(20(18)23)29-5-3-4-17(29)30;1-2(3)4/h6-11H,3-5H2,1-2H3,(H2,25,26);1H3,(H,3,4). The Balaban J connectivity index is 0.000000795. The van der Waals surface area contributed by atoms with E-state index in [0.717, 1.165) is 18.1 Å². The van der Waals surface area contributed by atoms with Gasteiger partial charge < -0.3 is 20.5 Å². The number of halogens is 3. The van der Waals surface area contributed by atoms with E-state index in [9.17, 15) is 9.18 Å². The van der Waals surface area contributed by atoms with Crippen molar-refractivity contribution < 1.29 is 23.8 Å². The number of nitrogen functional groups attached to an aromatic ring is 1. The van der Waals surface area contributed by atoms with Crippen molar-refractivity contribution in [2.45, 2.75) is 32.8 Å². The predicted octanol–water partition coefficient (Wildman–Crippen LogP) is 4.87. The van der Waals surface area contributed by atoms with E-state index < -0.39 is 17.9 Å². The summed E-state index contributed by atoms with van der Waals surface area (Å²) in [6.45, 7) is 3.23. The number of aromatic nitrogens is 3. The largest absolute Gasteiger partial charge is 0.482 e. The number of hydrogen-bond acceptors (Lipinski definition) is 6. The van der Waals surface area contributed by atoms with Gasteiger partial charge in [-0.05, 0) is 19.4 Å². The Morgan fingerprint density at radius 1 is 1.26 bits per heavy atom. The molecular weight excluding hydrogens is 500 g/mol. The van der Waals surface area contributed by atoms with Crippen LogP contribution in [0.5, 0.6) is 5.75 Å². The molecule has 3 aromatic rings. The summed E-state index contributed by atoms with van der Waals surface area (Å²) >= 11 is 12.8. The predicted molar refractivity (Wildman–Crippen MR) is 131 cm³/mol. The van der Waals surface area contributed by atoms with E-state index in [4.69, 9.17) is 43.6 Å². The molecule has 3 heterocycles. The molecule has 1 aliphatic rings. The van der Waals surface area contributed by atoms with Crippen molar-refractivity contribution in [2.24, 2.45) is 7.05 Å². The summed E-state index contributed by atoms with van der Waals surface area (Å²) < 4.78 is 22.3. The summed E-state index contributed by atoms with van der Waals surface area (Å²) in [6.07, 6.45) is 5.46. The zero-order chi connectivity index (χ0) is 25.9. The minimum atomic E-state index is -0.833. The summed E-state index contributed by atoms with van der Waals surface area (Å²) in [6, 6.07) is 2.91. The molecule has 0 radical (unpaired) electrons. The van der Waals surface area contributed by atoms with E-state index in [1.807, 2.05) is 13.2 Å². The SMILES string of the molecule is CC(=O)O.CC(Oc1cc(-c2cnn(C)c2)cnc1N)c1c(Cl)c(F)cc(N2CCCC2=O)c1Cl. The Morgan fingerprint density at radius 2 is 1.94 bits per heavy atom. The number of nitrogens with zero attached hydrogens (tertiary/aromatic N) is 4. The van der Waals surface area contributed by atoms with Crippen molar-refractivity contribution in [1.29, 1.82) is 0 Å². The van der Waals surface area contributed by atoms with Gasteiger partial charge in [0, 0.05) is 62.1 Å². The van der Waals surface area contributed by atoms with Crippen molar-refractivity contribution in [1.82, 2.24) is 14.8 Å². The van der Waals surface area contributed by atoms with Crippen LogP contribution in [0.4, 0.5) is 15.9 Å². The summed E-state index contributed by atoms with van der Waals surface area (Å²) in [4.78, 5) is 26.8. The number of aryl methyl sites for hydroxylation is 1. The monoisotopic (exact) mass is 523 g/mol. The van der Waals surface area contributed by atoms with Crippen LogP contribution in [0.3, 0.4) is 0 Å². The molecule has 0 aliphatic carbocycles. The number of ether oxygens (including phenoxy) is 1. The molecule has 12 heteroatoms. The molecule has 1 aliphatic heterocycles. The smallest absolute Gasteiger partial charge is 0.300 e. The highest BCUT2D eigenvalue weighted by molar-refractivity contribution is 6.38. The topological polar surface area (TPSA) is 124 Å². The number of amides is 1. The lowest BCUT2D eigenvalue weighted by atomic mass is 10.1. The minimum Gasteiger partial charge on any atom is -0.482 e. The number of nitrogens with two attached hydrogens (primary N) is 1. The molecule has 3 N–H and O–H groups in total. The average molecular weight is 524 g/mol. The number of carboxylic acids is 1. The molecule has 1 amide bonds. The Hall–Kier alpha value is -3.37. The fourth-order valence-electron chi connectivity index (χ4n) is 3.59. The Bertz CT molecular complexity index is 1260. The number of carboxylic acid groups (broad SMARTS) is 1. The van der Waals surface area contributed by atoms with Crippen LogP contribution < -0.4 is 15.4 Å². The minimum absolute atomic E-state index is 0.110. The van der Waals surface area contributed by atoms with Gasteiger partial charge in [0.15, 0.2) is 11.6 Å². The first-order chi connectivity index (χ1) is 16.5. The van der Waals surface area contributed by atoms with Gasteiger partial charge in [-0.15, -0.1) is 0 Å². The lowest BCUT2D eigenvalue weighted by molar-refractivity contribution is -0.134. The van der Waals surface area contributed by atoms with Gasteiger partial charge in [-0.25, -0.2) is 9.37 Å². The highest BCUT2D eigenvalue weighted by Crippen LogP contribution is 2.42. The number of pyridine rings is 1. The van der Waals surface area contributed by atoms with E-state index in [1.165, 1.54) is 11.0 Å². The maximum Gasteiger partial charge on any atom is 0.300 e. The molecule has 35 heavy (non-hydrogen) atoms. The molecule has 186 valence electrons. The van der Waals surface area contributed by atoms with Gasteiger partial charge in [-0.2, -0.15) is 5.10 Å². The van der Waals surface area contributed by atoms with E-state index in [0.29, 0.717) is 25.1 Å². The van der Waals surface area contributed by atoms with Crippen LogP contribution >= 0.6 is 23.2 Å². The van der Waals surface area contributed by atoms with Crippen LogP contribution in [-0.2, 0) is 16.6 Å². The molecule has 1 unspecified atom stereocenters. The summed E-state index contributed by atoms with van der Waals surface area (Å²) in [5.41, 5.74) is 8.12. The van der Waals surface area contributed by atoms with Gasteiger partial charge in [-0.1, -0.05) is 23.2 Å². The maximum absolute atomic E-state index is 14.6. The third kappa shape index (κ3) is 6.01. The molecule has 0 bridgehead atoms. The highest BCUT2D eigenvalue weighted by Gasteiger charge is 2.29. The Labute approximate surface area is 211 Å². The van der Waals surface area contributed by atoms with E-state index in [1.54, 1.807) is 30.1 Å². The van der Waals surface area contributed by atoms with Gasteiger partial charge in [0.05, 0.1) is 21.9 Å². The number of anilines is 2. The number of hydrogen-bond donors (Lipinski definition) is 2. The van der Waals surface area contributed by atoms with Gasteiger partial charge in [0.2, 0.25) is 5.91 Å². The summed E-state index contributed by atoms with van der Waals surface area (Å²) in [5.74, 6) is -1.16. The maximum atomic E-state index is 14.6. The average Bonchev–Trinajstić information content (AvgIpc) is 3.40. The lowest BCUT2D eigenvalue weighted by Crippen LogP contribution is -2.25. The Morgan fingerprint density at radius 3 is 2.51 bits per heavy atom. The molecule has 0 spiro atoms. The van der Waals surface area contributed by atoms with Crippen LogP contribution in [0.15, 0.2) is 30.7 Å². The lowest BCUT2D eigenvalue weighted by Gasteiger charge is -2.24. The van der Waals surface area contributed by atoms with Crippen LogP contribution in [-0.4, -0.2) is 38.3 Å². The van der Waals surface area contributed by atoms with Crippen LogP contribution in [0, 0.1) is 5.82 Å². The molecule has 9 nitrogen and oxygen atoms in total. The highest BCUT2D eigenvalue weighted by atomic mass is 35.5. The summed E-state index contributed by atoms with van der Waals surface area (Å²) in [5, 5.41) is 11.6. The first-order valence-corrected chi connectivity index (χ1v) is 11.3. The molecule has 1 atom stereocenters. The number of benzene rings is 1. The third-order valence-electron chi connectivity index (χ3n) is 5.17. The molecule has 0 saturated carbocycles. The fourth-order valence-corrected chi connectivity index (χ4v) is 4.35. The van der Waals surface area contributed by atoms with Crippen LogP contribution in [0.25, 0.3) is 11.1 Å². The summed E-state index contributed by atoms with van der Waals surface area (Å²) in [7, 11) is 1.81. The first kappa shape index (κ1) is 26.2. The third-order valence-corrected chi connectivity index (χ3v) is 5.95. The molecular formula is C23H24Cl2FN5O4. The zero-order valence-electron chi connectivity index (χ0n) is 19.3. The second kappa shape index (κ2) is 10.9. The van der Waals surface area contributed by atoms with Crippen molar-refractivity contribution in [3.8, 4) is 16.9 Å². The van der Waals surface area contributed by atoms with Crippen molar-refractivity contribution in [3.05, 3.63) is 52.1 Å². The van der Waals surface area contributed by atoms with Gasteiger partial charge in [0.1, 0.15) is 11.9 Å². The fraction of sp³-hybridized carbons (Fsp3) is 0.304.